The van der Waals surface area contributed by atoms with E-state index in [9.17, 15) is 0 Å². The molecule has 0 atom stereocenters. The number of aromatic amines is 2. The summed E-state index contributed by atoms with van der Waals surface area (Å²) in [5.74, 6) is 3.26. The van der Waals surface area contributed by atoms with Crippen LogP contribution in [0.5, 0.6) is 28.7 Å². The minimum atomic E-state index is 0.554. The van der Waals surface area contributed by atoms with Gasteiger partial charge < -0.3 is 33.7 Å². The SMILES string of the molecule is COc1cc(OC)c2c(c1)[nH]c1c2ccc2c3cc(OC)c(OC)c(OC)c3[nH]c21. The molecule has 0 fully saturated rings. The lowest BCUT2D eigenvalue weighted by Gasteiger charge is -2.12. The van der Waals surface area contributed by atoms with Crippen molar-refractivity contribution in [2.24, 2.45) is 0 Å². The van der Waals surface area contributed by atoms with Gasteiger partial charge in [0.25, 0.3) is 0 Å². The lowest BCUT2D eigenvalue weighted by Crippen LogP contribution is -1.95. The molecule has 2 heterocycles. The van der Waals surface area contributed by atoms with Crippen LogP contribution in [0.25, 0.3) is 43.6 Å². The molecule has 7 heteroatoms. The summed E-state index contributed by atoms with van der Waals surface area (Å²) in [4.78, 5) is 7.06. The fourth-order valence-electron chi connectivity index (χ4n) is 4.29. The van der Waals surface area contributed by atoms with Gasteiger partial charge in [0.05, 0.1) is 57.6 Å². The first kappa shape index (κ1) is 18.3. The molecule has 0 aliphatic heterocycles. The predicted octanol–water partition coefficient (Wildman–Crippen LogP) is 5.00. The molecule has 0 aliphatic carbocycles. The number of aromatic nitrogens is 2. The molecule has 30 heavy (non-hydrogen) atoms. The van der Waals surface area contributed by atoms with Crippen LogP contribution in [0.1, 0.15) is 0 Å². The highest BCUT2D eigenvalue weighted by Crippen LogP contribution is 2.47. The zero-order chi connectivity index (χ0) is 21.0. The lowest BCUT2D eigenvalue weighted by molar-refractivity contribution is 0.327. The number of benzene rings is 3. The molecule has 0 bridgehead atoms. The second-order valence-electron chi connectivity index (χ2n) is 6.98. The van der Waals surface area contributed by atoms with Crippen molar-refractivity contribution in [1.82, 2.24) is 9.97 Å². The molecule has 0 unspecified atom stereocenters. The van der Waals surface area contributed by atoms with Crippen molar-refractivity contribution >= 4 is 43.6 Å². The van der Waals surface area contributed by atoms with Crippen LogP contribution >= 0.6 is 0 Å². The van der Waals surface area contributed by atoms with Crippen LogP contribution in [0.3, 0.4) is 0 Å². The molecular weight excluding hydrogens is 384 g/mol. The van der Waals surface area contributed by atoms with E-state index in [0.717, 1.165) is 55.1 Å². The molecule has 5 rings (SSSR count). The van der Waals surface area contributed by atoms with Gasteiger partial charge in [-0.25, -0.2) is 0 Å². The number of nitrogens with one attached hydrogen (secondary N) is 2. The molecule has 154 valence electrons. The number of hydrogen-bond donors (Lipinski definition) is 2. The first-order valence-electron chi connectivity index (χ1n) is 9.45. The summed E-state index contributed by atoms with van der Waals surface area (Å²) in [6.07, 6.45) is 0. The van der Waals surface area contributed by atoms with Gasteiger partial charge in [-0.15, -0.1) is 0 Å². The molecule has 0 spiro atoms. The van der Waals surface area contributed by atoms with Crippen molar-refractivity contribution in [2.45, 2.75) is 0 Å². The van der Waals surface area contributed by atoms with Gasteiger partial charge in [0, 0.05) is 33.7 Å². The largest absolute Gasteiger partial charge is 0.497 e. The molecule has 0 radical (unpaired) electrons. The van der Waals surface area contributed by atoms with Crippen molar-refractivity contribution in [3.8, 4) is 28.7 Å². The second kappa shape index (κ2) is 6.66. The molecule has 0 saturated carbocycles. The van der Waals surface area contributed by atoms with E-state index >= 15 is 0 Å². The van der Waals surface area contributed by atoms with Gasteiger partial charge in [-0.2, -0.15) is 0 Å². The summed E-state index contributed by atoms with van der Waals surface area (Å²) in [5.41, 5.74) is 3.73. The van der Waals surface area contributed by atoms with Crippen LogP contribution in [0.15, 0.2) is 30.3 Å². The molecule has 0 saturated heterocycles. The summed E-state index contributed by atoms with van der Waals surface area (Å²) in [5, 5.41) is 4.11. The first-order chi connectivity index (χ1) is 14.6. The van der Waals surface area contributed by atoms with E-state index in [1.165, 1.54) is 0 Å². The molecule has 3 aromatic carbocycles. The number of hydrogen-bond acceptors (Lipinski definition) is 5. The Kier molecular flexibility index (Phi) is 4.06. The quantitative estimate of drug-likeness (QED) is 0.430. The Hall–Kier alpha value is -3.74. The third-order valence-corrected chi connectivity index (χ3v) is 5.64. The smallest absolute Gasteiger partial charge is 0.205 e. The van der Waals surface area contributed by atoms with Crippen LogP contribution in [0, 0.1) is 0 Å². The Bertz CT molecular complexity index is 1430. The Morgan fingerprint density at radius 2 is 1.27 bits per heavy atom. The Labute approximate surface area is 172 Å². The summed E-state index contributed by atoms with van der Waals surface area (Å²) in [7, 11) is 8.15. The van der Waals surface area contributed by atoms with Crippen LogP contribution < -0.4 is 23.7 Å². The Morgan fingerprint density at radius 3 is 1.93 bits per heavy atom. The van der Waals surface area contributed by atoms with Crippen LogP contribution in [0.2, 0.25) is 0 Å². The standard InChI is InChI=1S/C23H22N2O5/c1-26-11-8-15-18(16(9-11)27-2)13-7-6-12-14-10-17(28-3)22(29-4)23(30-5)21(14)25-19(12)20(13)24-15/h6-10,24-25H,1-5H3. The first-order valence-corrected chi connectivity index (χ1v) is 9.45. The third kappa shape index (κ3) is 2.32. The maximum Gasteiger partial charge on any atom is 0.205 e. The van der Waals surface area contributed by atoms with Gasteiger partial charge in [0.1, 0.15) is 11.5 Å². The molecule has 0 aliphatic rings. The summed E-state index contributed by atoms with van der Waals surface area (Å²) >= 11 is 0. The Balaban J connectivity index is 1.94. The van der Waals surface area contributed by atoms with E-state index in [1.54, 1.807) is 35.5 Å². The van der Waals surface area contributed by atoms with Crippen molar-refractivity contribution < 1.29 is 23.7 Å². The summed E-state index contributed by atoms with van der Waals surface area (Å²) in [6, 6.07) is 10.0. The highest BCUT2D eigenvalue weighted by Gasteiger charge is 2.21. The monoisotopic (exact) mass is 406 g/mol. The fourth-order valence-corrected chi connectivity index (χ4v) is 4.29. The van der Waals surface area contributed by atoms with Crippen molar-refractivity contribution in [1.29, 1.82) is 0 Å². The van der Waals surface area contributed by atoms with Gasteiger partial charge in [0.15, 0.2) is 11.5 Å². The van der Waals surface area contributed by atoms with E-state index in [-0.39, 0.29) is 0 Å². The zero-order valence-corrected chi connectivity index (χ0v) is 17.4. The maximum atomic E-state index is 5.68. The minimum Gasteiger partial charge on any atom is -0.497 e. The molecule has 2 aromatic heterocycles. The summed E-state index contributed by atoms with van der Waals surface area (Å²) in [6.45, 7) is 0. The average molecular weight is 406 g/mol. The van der Waals surface area contributed by atoms with Gasteiger partial charge in [0.2, 0.25) is 5.75 Å². The molecule has 5 aromatic rings. The molecule has 0 amide bonds. The highest BCUT2D eigenvalue weighted by molar-refractivity contribution is 6.23. The van der Waals surface area contributed by atoms with E-state index in [0.29, 0.717) is 17.2 Å². The van der Waals surface area contributed by atoms with E-state index in [2.05, 4.69) is 22.1 Å². The lowest BCUT2D eigenvalue weighted by atomic mass is 10.1. The third-order valence-electron chi connectivity index (χ3n) is 5.64. The van der Waals surface area contributed by atoms with E-state index in [1.807, 2.05) is 18.2 Å². The van der Waals surface area contributed by atoms with Crippen molar-refractivity contribution in [3.05, 3.63) is 30.3 Å². The van der Waals surface area contributed by atoms with Crippen LogP contribution in [-0.4, -0.2) is 45.5 Å². The van der Waals surface area contributed by atoms with E-state index < -0.39 is 0 Å². The van der Waals surface area contributed by atoms with Crippen molar-refractivity contribution in [2.75, 3.05) is 35.5 Å². The fraction of sp³-hybridized carbons (Fsp3) is 0.217. The minimum absolute atomic E-state index is 0.554. The van der Waals surface area contributed by atoms with Gasteiger partial charge in [-0.05, 0) is 6.07 Å². The van der Waals surface area contributed by atoms with Crippen molar-refractivity contribution in [3.63, 3.8) is 0 Å². The van der Waals surface area contributed by atoms with Gasteiger partial charge >= 0.3 is 0 Å². The number of ether oxygens (including phenoxy) is 5. The Morgan fingerprint density at radius 1 is 0.567 bits per heavy atom. The van der Waals surface area contributed by atoms with E-state index in [4.69, 9.17) is 23.7 Å². The summed E-state index contributed by atoms with van der Waals surface area (Å²) < 4.78 is 27.8. The average Bonchev–Trinajstić information content (AvgIpc) is 3.34. The predicted molar refractivity (Wildman–Crippen MR) is 118 cm³/mol. The maximum absolute atomic E-state index is 5.68. The topological polar surface area (TPSA) is 77.7 Å². The normalized spacial score (nSPS) is 11.5. The number of fused-ring (bicyclic) bond motifs is 7. The second-order valence-corrected chi connectivity index (χ2v) is 6.98. The zero-order valence-electron chi connectivity index (χ0n) is 17.4. The number of H-pyrrole nitrogens is 2. The molecule has 7 nitrogen and oxygen atoms in total. The molecule has 2 N–H and O–H groups in total. The van der Waals surface area contributed by atoms with Crippen LogP contribution in [-0.2, 0) is 0 Å². The van der Waals surface area contributed by atoms with Crippen LogP contribution in [0.4, 0.5) is 0 Å². The number of rotatable bonds is 5. The highest BCUT2D eigenvalue weighted by atomic mass is 16.5. The molecular formula is C23H22N2O5. The van der Waals surface area contributed by atoms with Gasteiger partial charge in [-0.1, -0.05) is 12.1 Å². The van der Waals surface area contributed by atoms with Gasteiger partial charge in [-0.3, -0.25) is 0 Å². The number of methoxy groups -OCH3 is 5.